The minimum atomic E-state index is 0.382. The van der Waals surface area contributed by atoms with E-state index in [1.807, 2.05) is 29.6 Å². The molecule has 0 saturated carbocycles. The Morgan fingerprint density at radius 2 is 2.25 bits per heavy atom. The lowest BCUT2D eigenvalue weighted by Gasteiger charge is -2.02. The zero-order chi connectivity index (χ0) is 13.8. The summed E-state index contributed by atoms with van der Waals surface area (Å²) in [7, 11) is 0. The second kappa shape index (κ2) is 5.81. The number of thiophene rings is 1. The molecule has 0 aliphatic carbocycles. The van der Waals surface area contributed by atoms with Crippen molar-refractivity contribution in [2.45, 2.75) is 16.7 Å². The van der Waals surface area contributed by atoms with Gasteiger partial charge >= 0.3 is 0 Å². The smallest absolute Gasteiger partial charge is 0.215 e. The average Bonchev–Trinajstić information content (AvgIpc) is 3.12. The third kappa shape index (κ3) is 2.84. The molecule has 3 aromatic heterocycles. The summed E-state index contributed by atoms with van der Waals surface area (Å²) < 4.78 is 1.72. The number of pyridine rings is 1. The van der Waals surface area contributed by atoms with Crippen LogP contribution in [0.25, 0.3) is 0 Å². The molecule has 3 heterocycles. The lowest BCUT2D eigenvalue weighted by atomic mass is 10.4. The highest BCUT2D eigenvalue weighted by atomic mass is 32.2. The van der Waals surface area contributed by atoms with Gasteiger partial charge in [-0.15, -0.1) is 16.4 Å². The Kier molecular flexibility index (Phi) is 3.71. The summed E-state index contributed by atoms with van der Waals surface area (Å²) in [5.41, 5.74) is 0.382. The van der Waals surface area contributed by atoms with Crippen LogP contribution in [0.4, 0.5) is 0 Å². The lowest BCUT2D eigenvalue weighted by Crippen LogP contribution is -2.02. The van der Waals surface area contributed by atoms with Gasteiger partial charge in [-0.25, -0.2) is 9.67 Å². The Morgan fingerprint density at radius 3 is 3.05 bits per heavy atom. The largest absolute Gasteiger partial charge is 0.230 e. The van der Waals surface area contributed by atoms with Gasteiger partial charge in [-0.1, -0.05) is 12.1 Å². The Labute approximate surface area is 123 Å². The van der Waals surface area contributed by atoms with Crippen LogP contribution < -0.4 is 0 Å². The molecule has 0 N–H and O–H groups in total. The van der Waals surface area contributed by atoms with Gasteiger partial charge in [0.15, 0.2) is 0 Å². The van der Waals surface area contributed by atoms with E-state index in [-0.39, 0.29) is 0 Å². The zero-order valence-corrected chi connectivity index (χ0v) is 11.8. The molecule has 0 aliphatic heterocycles. The van der Waals surface area contributed by atoms with Gasteiger partial charge in [0.05, 0.1) is 6.54 Å². The molecule has 0 aliphatic rings. The number of aromatic nitrogens is 5. The minimum Gasteiger partial charge on any atom is -0.230 e. The van der Waals surface area contributed by atoms with Crippen LogP contribution in [0.1, 0.15) is 10.6 Å². The number of hydrogen-bond donors (Lipinski definition) is 0. The third-order valence-electron chi connectivity index (χ3n) is 2.42. The van der Waals surface area contributed by atoms with Crippen LogP contribution in [-0.4, -0.2) is 25.2 Å². The van der Waals surface area contributed by atoms with E-state index in [9.17, 15) is 0 Å². The van der Waals surface area contributed by atoms with Crippen LogP contribution >= 0.6 is 23.1 Å². The van der Waals surface area contributed by atoms with E-state index >= 15 is 0 Å². The highest BCUT2D eigenvalue weighted by Crippen LogP contribution is 2.24. The van der Waals surface area contributed by atoms with Crippen molar-refractivity contribution in [3.8, 4) is 6.07 Å². The van der Waals surface area contributed by atoms with Crippen molar-refractivity contribution in [3.63, 3.8) is 0 Å². The summed E-state index contributed by atoms with van der Waals surface area (Å²) in [6.45, 7) is 0.630. The predicted octanol–water partition coefficient (Wildman–Crippen LogP) is 2.20. The van der Waals surface area contributed by atoms with Crippen LogP contribution in [0.3, 0.4) is 0 Å². The van der Waals surface area contributed by atoms with Crippen molar-refractivity contribution < 1.29 is 0 Å². The first-order valence-electron chi connectivity index (χ1n) is 5.69. The molecule has 0 spiro atoms. The molecule has 20 heavy (non-hydrogen) atoms. The fraction of sp³-hybridized carbons (Fsp3) is 0.0833. The van der Waals surface area contributed by atoms with Crippen LogP contribution in [0, 0.1) is 11.3 Å². The van der Waals surface area contributed by atoms with E-state index in [4.69, 9.17) is 5.26 Å². The summed E-state index contributed by atoms with van der Waals surface area (Å²) in [6.07, 6.45) is 0. The van der Waals surface area contributed by atoms with Crippen LogP contribution in [0.2, 0.25) is 0 Å². The normalized spacial score (nSPS) is 10.3. The Balaban J connectivity index is 1.81. The van der Waals surface area contributed by atoms with E-state index in [1.54, 1.807) is 28.2 Å². The van der Waals surface area contributed by atoms with Crippen molar-refractivity contribution in [2.24, 2.45) is 0 Å². The van der Waals surface area contributed by atoms with Gasteiger partial charge in [-0.05, 0) is 45.8 Å². The molecule has 0 aromatic carbocycles. The molecule has 0 bridgehead atoms. The molecule has 0 radical (unpaired) electrons. The standard InChI is InChI=1S/C12H8N6S2/c13-7-9-3-1-5-11(14-9)20-12-15-16-17-18(12)8-10-4-2-6-19-10/h1-6H,8H2. The lowest BCUT2D eigenvalue weighted by molar-refractivity contribution is 0.608. The molecule has 3 rings (SSSR count). The minimum absolute atomic E-state index is 0.382. The third-order valence-corrected chi connectivity index (χ3v) is 4.19. The first kappa shape index (κ1) is 12.8. The molecule has 0 atom stereocenters. The SMILES string of the molecule is N#Cc1cccc(Sc2nnnn2Cc2cccs2)n1. The molecule has 0 saturated heterocycles. The summed E-state index contributed by atoms with van der Waals surface area (Å²) >= 11 is 3.00. The predicted molar refractivity (Wildman–Crippen MR) is 74.3 cm³/mol. The molecule has 98 valence electrons. The summed E-state index contributed by atoms with van der Waals surface area (Å²) in [6, 6.07) is 11.3. The molecular formula is C12H8N6S2. The van der Waals surface area contributed by atoms with Gasteiger partial charge in [0.25, 0.3) is 0 Å². The molecule has 0 fully saturated rings. The number of rotatable bonds is 4. The van der Waals surface area contributed by atoms with Crippen molar-refractivity contribution >= 4 is 23.1 Å². The maximum absolute atomic E-state index is 8.85. The highest BCUT2D eigenvalue weighted by molar-refractivity contribution is 7.99. The van der Waals surface area contributed by atoms with Crippen LogP contribution in [-0.2, 0) is 6.54 Å². The monoisotopic (exact) mass is 300 g/mol. The summed E-state index contributed by atoms with van der Waals surface area (Å²) in [4.78, 5) is 5.38. The molecule has 0 amide bonds. The van der Waals surface area contributed by atoms with Crippen molar-refractivity contribution in [3.05, 3.63) is 46.3 Å². The van der Waals surface area contributed by atoms with Gasteiger partial charge in [0.2, 0.25) is 5.16 Å². The van der Waals surface area contributed by atoms with E-state index in [1.165, 1.54) is 16.6 Å². The number of nitriles is 1. The first-order chi connectivity index (χ1) is 9.85. The van der Waals surface area contributed by atoms with Gasteiger partial charge < -0.3 is 0 Å². The Hall–Kier alpha value is -2.24. The molecule has 3 aromatic rings. The van der Waals surface area contributed by atoms with Gasteiger partial charge in [-0.3, -0.25) is 0 Å². The van der Waals surface area contributed by atoms with Gasteiger partial charge in [-0.2, -0.15) is 5.26 Å². The molecule has 8 heteroatoms. The maximum Gasteiger partial charge on any atom is 0.215 e. The second-order valence-corrected chi connectivity index (χ2v) is 5.79. The van der Waals surface area contributed by atoms with Crippen molar-refractivity contribution in [1.29, 1.82) is 5.26 Å². The number of nitrogens with zero attached hydrogens (tertiary/aromatic N) is 6. The molecule has 0 unspecified atom stereocenters. The average molecular weight is 300 g/mol. The second-order valence-electron chi connectivity index (χ2n) is 3.77. The topological polar surface area (TPSA) is 80.3 Å². The van der Waals surface area contributed by atoms with Crippen LogP contribution in [0.15, 0.2) is 45.9 Å². The van der Waals surface area contributed by atoms with E-state index in [2.05, 4.69) is 20.5 Å². The van der Waals surface area contributed by atoms with Crippen molar-refractivity contribution in [1.82, 2.24) is 25.2 Å². The first-order valence-corrected chi connectivity index (χ1v) is 7.38. The van der Waals surface area contributed by atoms with Crippen molar-refractivity contribution in [2.75, 3.05) is 0 Å². The zero-order valence-electron chi connectivity index (χ0n) is 10.2. The maximum atomic E-state index is 8.85. The number of hydrogen-bond acceptors (Lipinski definition) is 7. The van der Waals surface area contributed by atoms with E-state index < -0.39 is 0 Å². The van der Waals surface area contributed by atoms with Crippen LogP contribution in [0.5, 0.6) is 0 Å². The highest BCUT2D eigenvalue weighted by Gasteiger charge is 2.10. The fourth-order valence-corrected chi connectivity index (χ4v) is 2.99. The molecular weight excluding hydrogens is 292 g/mol. The van der Waals surface area contributed by atoms with E-state index in [0.717, 1.165) is 0 Å². The molecule has 6 nitrogen and oxygen atoms in total. The summed E-state index contributed by atoms with van der Waals surface area (Å²) in [5, 5.41) is 23.9. The Bertz CT molecular complexity index is 743. The number of tetrazole rings is 1. The van der Waals surface area contributed by atoms with Gasteiger partial charge in [0.1, 0.15) is 16.8 Å². The quantitative estimate of drug-likeness (QED) is 0.735. The van der Waals surface area contributed by atoms with E-state index in [0.29, 0.717) is 22.4 Å². The fourth-order valence-electron chi connectivity index (χ4n) is 1.55. The Morgan fingerprint density at radius 1 is 1.30 bits per heavy atom. The summed E-state index contributed by atoms with van der Waals surface area (Å²) in [5.74, 6) is 0. The van der Waals surface area contributed by atoms with Gasteiger partial charge in [0, 0.05) is 4.88 Å².